The van der Waals surface area contributed by atoms with Crippen LogP contribution in [0.3, 0.4) is 0 Å². The number of para-hydroxylation sites is 1. The van der Waals surface area contributed by atoms with E-state index in [0.29, 0.717) is 28.6 Å². The van der Waals surface area contributed by atoms with Crippen molar-refractivity contribution in [1.82, 2.24) is 4.98 Å². The SMILES string of the molecule is CC(C)Oc1ccc(-c2ccc(OC(=O)c3cc4ccccc4[nH]3)c(OC(C)C)c2Cc2cccc(Cl)c2)cc1. The van der Waals surface area contributed by atoms with Gasteiger partial charge in [0, 0.05) is 27.9 Å². The number of rotatable bonds is 9. The van der Waals surface area contributed by atoms with E-state index in [1.807, 2.05) is 107 Å². The standard InChI is InChI=1S/C34H32ClNO4/c1-21(2)38-27-14-12-24(13-15-27)28-16-17-32(40-34(37)31-20-25-9-5-6-11-30(25)36-31)33(39-22(3)4)29(28)19-23-8-7-10-26(35)18-23/h5-18,20-22,36H,19H2,1-4H3. The van der Waals surface area contributed by atoms with Crippen LogP contribution in [0.25, 0.3) is 22.0 Å². The second-order valence-corrected chi connectivity index (χ2v) is 10.7. The number of benzene rings is 4. The van der Waals surface area contributed by atoms with Crippen LogP contribution < -0.4 is 14.2 Å². The third kappa shape index (κ3) is 6.32. The number of ether oxygens (including phenoxy) is 3. The summed E-state index contributed by atoms with van der Waals surface area (Å²) in [6, 6.07) is 29.0. The second-order valence-electron chi connectivity index (χ2n) is 10.2. The average Bonchev–Trinajstić information content (AvgIpc) is 3.35. The Bertz CT molecular complexity index is 1600. The Morgan fingerprint density at radius 2 is 1.57 bits per heavy atom. The smallest absolute Gasteiger partial charge is 0.360 e. The molecule has 0 radical (unpaired) electrons. The summed E-state index contributed by atoms with van der Waals surface area (Å²) in [5, 5.41) is 1.59. The maximum Gasteiger partial charge on any atom is 0.360 e. The molecule has 4 aromatic carbocycles. The van der Waals surface area contributed by atoms with Gasteiger partial charge < -0.3 is 19.2 Å². The number of H-pyrrole nitrogens is 1. The highest BCUT2D eigenvalue weighted by Gasteiger charge is 2.22. The summed E-state index contributed by atoms with van der Waals surface area (Å²) in [5.74, 6) is 1.21. The third-order valence-electron chi connectivity index (χ3n) is 6.34. The van der Waals surface area contributed by atoms with E-state index in [-0.39, 0.29) is 12.2 Å². The molecule has 0 saturated carbocycles. The summed E-state index contributed by atoms with van der Waals surface area (Å²) in [5.41, 5.74) is 5.12. The highest BCUT2D eigenvalue weighted by Crippen LogP contribution is 2.41. The molecule has 0 fully saturated rings. The minimum absolute atomic E-state index is 0.0847. The summed E-state index contributed by atoms with van der Waals surface area (Å²) in [6.45, 7) is 7.92. The summed E-state index contributed by atoms with van der Waals surface area (Å²) >= 11 is 6.33. The van der Waals surface area contributed by atoms with Gasteiger partial charge in [0.1, 0.15) is 11.4 Å². The van der Waals surface area contributed by atoms with E-state index in [1.54, 1.807) is 12.1 Å². The molecule has 6 heteroatoms. The molecule has 0 aliphatic rings. The number of aromatic amines is 1. The number of esters is 1. The van der Waals surface area contributed by atoms with E-state index in [9.17, 15) is 4.79 Å². The molecular formula is C34H32ClNO4. The Balaban J connectivity index is 1.59. The second kappa shape index (κ2) is 11.9. The van der Waals surface area contributed by atoms with E-state index < -0.39 is 5.97 Å². The predicted molar refractivity (Wildman–Crippen MR) is 161 cm³/mol. The van der Waals surface area contributed by atoms with E-state index in [2.05, 4.69) is 4.98 Å². The van der Waals surface area contributed by atoms with Crippen molar-refractivity contribution in [2.24, 2.45) is 0 Å². The van der Waals surface area contributed by atoms with Crippen molar-refractivity contribution in [2.45, 2.75) is 46.3 Å². The van der Waals surface area contributed by atoms with E-state index in [0.717, 1.165) is 38.9 Å². The zero-order valence-electron chi connectivity index (χ0n) is 23.0. The predicted octanol–water partition coefficient (Wildman–Crippen LogP) is 8.87. The van der Waals surface area contributed by atoms with Gasteiger partial charge in [-0.1, -0.05) is 60.1 Å². The quantitative estimate of drug-likeness (QED) is 0.146. The molecule has 5 rings (SSSR count). The van der Waals surface area contributed by atoms with Gasteiger partial charge in [0.25, 0.3) is 0 Å². The molecule has 1 N–H and O–H groups in total. The van der Waals surface area contributed by atoms with Crippen molar-refractivity contribution in [2.75, 3.05) is 0 Å². The zero-order valence-corrected chi connectivity index (χ0v) is 23.8. The molecule has 0 saturated heterocycles. The van der Waals surface area contributed by atoms with E-state index in [1.165, 1.54) is 0 Å². The molecule has 0 spiro atoms. The molecule has 0 aliphatic heterocycles. The molecule has 5 aromatic rings. The normalized spacial score (nSPS) is 11.3. The topological polar surface area (TPSA) is 60.5 Å². The molecule has 0 atom stereocenters. The fourth-order valence-corrected chi connectivity index (χ4v) is 4.88. The zero-order chi connectivity index (χ0) is 28.2. The lowest BCUT2D eigenvalue weighted by Crippen LogP contribution is -2.14. The monoisotopic (exact) mass is 553 g/mol. The van der Waals surface area contributed by atoms with Crippen LogP contribution in [0.5, 0.6) is 17.2 Å². The number of hydrogen-bond donors (Lipinski definition) is 1. The Labute approximate surface area is 239 Å². The van der Waals surface area contributed by atoms with Gasteiger partial charge in [-0.2, -0.15) is 0 Å². The van der Waals surface area contributed by atoms with Crippen LogP contribution in [0.2, 0.25) is 5.02 Å². The Hall–Kier alpha value is -4.22. The molecule has 40 heavy (non-hydrogen) atoms. The first-order valence-electron chi connectivity index (χ1n) is 13.4. The van der Waals surface area contributed by atoms with E-state index >= 15 is 0 Å². The molecule has 1 heterocycles. The molecule has 1 aromatic heterocycles. The maximum absolute atomic E-state index is 13.3. The molecule has 204 valence electrons. The summed E-state index contributed by atoms with van der Waals surface area (Å²) in [7, 11) is 0. The van der Waals surface area contributed by atoms with Gasteiger partial charge in [0.05, 0.1) is 12.2 Å². The summed E-state index contributed by atoms with van der Waals surface area (Å²) in [4.78, 5) is 16.4. The fourth-order valence-electron chi connectivity index (χ4n) is 4.67. The first-order valence-corrected chi connectivity index (χ1v) is 13.8. The summed E-state index contributed by atoms with van der Waals surface area (Å²) in [6.07, 6.45) is 0.460. The lowest BCUT2D eigenvalue weighted by Gasteiger charge is -2.21. The Kier molecular flexibility index (Phi) is 8.13. The molecule has 0 bridgehead atoms. The van der Waals surface area contributed by atoms with Crippen molar-refractivity contribution in [3.8, 4) is 28.4 Å². The lowest BCUT2D eigenvalue weighted by atomic mass is 9.93. The van der Waals surface area contributed by atoms with E-state index in [4.69, 9.17) is 25.8 Å². The van der Waals surface area contributed by atoms with Crippen LogP contribution in [-0.4, -0.2) is 23.2 Å². The fraction of sp³-hybridized carbons (Fsp3) is 0.206. The first kappa shape index (κ1) is 27.4. The van der Waals surface area contributed by atoms with Crippen LogP contribution in [0.15, 0.2) is 91.0 Å². The van der Waals surface area contributed by atoms with Crippen molar-refractivity contribution >= 4 is 28.5 Å². The van der Waals surface area contributed by atoms with Crippen molar-refractivity contribution in [1.29, 1.82) is 0 Å². The van der Waals surface area contributed by atoms with Gasteiger partial charge in [-0.3, -0.25) is 0 Å². The molecule has 0 amide bonds. The summed E-state index contributed by atoms with van der Waals surface area (Å²) < 4.78 is 18.2. The van der Waals surface area contributed by atoms with Crippen LogP contribution >= 0.6 is 11.6 Å². The van der Waals surface area contributed by atoms with Gasteiger partial charge in [-0.15, -0.1) is 0 Å². The number of carbonyl (C=O) groups is 1. The number of carbonyl (C=O) groups excluding carboxylic acids is 1. The van der Waals surface area contributed by atoms with Crippen molar-refractivity contribution in [3.05, 3.63) is 113 Å². The highest BCUT2D eigenvalue weighted by atomic mass is 35.5. The van der Waals surface area contributed by atoms with Crippen LogP contribution in [-0.2, 0) is 6.42 Å². The highest BCUT2D eigenvalue weighted by molar-refractivity contribution is 6.30. The molecule has 0 unspecified atom stereocenters. The maximum atomic E-state index is 13.3. The lowest BCUT2D eigenvalue weighted by molar-refractivity contribution is 0.0719. The largest absolute Gasteiger partial charge is 0.491 e. The Morgan fingerprint density at radius 3 is 2.27 bits per heavy atom. The van der Waals surface area contributed by atoms with Crippen LogP contribution in [0, 0.1) is 0 Å². The number of hydrogen-bond acceptors (Lipinski definition) is 4. The van der Waals surface area contributed by atoms with Crippen LogP contribution in [0.4, 0.5) is 0 Å². The van der Waals surface area contributed by atoms with Crippen LogP contribution in [0.1, 0.15) is 49.3 Å². The minimum atomic E-state index is -0.485. The van der Waals surface area contributed by atoms with Gasteiger partial charge in [0.15, 0.2) is 11.5 Å². The van der Waals surface area contributed by atoms with Gasteiger partial charge in [-0.05, 0) is 86.8 Å². The molecular weight excluding hydrogens is 522 g/mol. The first-order chi connectivity index (χ1) is 19.3. The van der Waals surface area contributed by atoms with Crippen molar-refractivity contribution in [3.63, 3.8) is 0 Å². The average molecular weight is 554 g/mol. The number of halogens is 1. The van der Waals surface area contributed by atoms with Gasteiger partial charge >= 0.3 is 5.97 Å². The number of nitrogens with one attached hydrogen (secondary N) is 1. The molecule has 5 nitrogen and oxygen atoms in total. The number of aromatic nitrogens is 1. The minimum Gasteiger partial charge on any atom is -0.491 e. The van der Waals surface area contributed by atoms with Gasteiger partial charge in [0.2, 0.25) is 0 Å². The molecule has 0 aliphatic carbocycles. The third-order valence-corrected chi connectivity index (χ3v) is 6.57. The van der Waals surface area contributed by atoms with Crippen molar-refractivity contribution < 1.29 is 19.0 Å². The van der Waals surface area contributed by atoms with Gasteiger partial charge in [-0.25, -0.2) is 4.79 Å². The number of fused-ring (bicyclic) bond motifs is 1. The Morgan fingerprint density at radius 1 is 0.825 bits per heavy atom.